The van der Waals surface area contributed by atoms with Gasteiger partial charge in [-0.05, 0) is 25.5 Å². The highest BCUT2D eigenvalue weighted by molar-refractivity contribution is 7.86. The Morgan fingerprint density at radius 2 is 0.804 bits per heavy atom. The summed E-state index contributed by atoms with van der Waals surface area (Å²) in [6, 6.07) is 6.48. The largest absolute Gasteiger partial charge is 0.463 e. The fourth-order valence-corrected chi connectivity index (χ4v) is 5.38. The Hall–Kier alpha value is -1.72. The highest BCUT2D eigenvalue weighted by atomic mass is 32.2. The number of ether oxygens (including phenoxy) is 9. The first-order valence-corrected chi connectivity index (χ1v) is 20.1. The molecule has 0 bridgehead atoms. The standard InChI is InChI=1S/C37H66O13S/c1-3-4-5-6-7-8-9-10-11-12-37(38)49-33-31-47-29-27-45-25-23-43-21-19-41-17-18-42-20-22-44-24-26-46-28-30-48-32-34-50-51(39,40)36-15-13-35(2)14-16-36/h13-16H,3-12,17-34H2,1-2H3. The number of unbranched alkanes of at least 4 members (excludes halogenated alkanes) is 8. The van der Waals surface area contributed by atoms with E-state index in [1.54, 1.807) is 12.1 Å². The smallest absolute Gasteiger partial charge is 0.305 e. The van der Waals surface area contributed by atoms with Crippen LogP contribution in [0.25, 0.3) is 0 Å². The number of hydrogen-bond acceptors (Lipinski definition) is 13. The molecule has 0 aromatic heterocycles. The Morgan fingerprint density at radius 1 is 0.471 bits per heavy atom. The van der Waals surface area contributed by atoms with Crippen molar-refractivity contribution in [2.45, 2.75) is 83.0 Å². The van der Waals surface area contributed by atoms with Crippen LogP contribution in [0.15, 0.2) is 29.2 Å². The zero-order chi connectivity index (χ0) is 36.9. The molecule has 1 aromatic rings. The van der Waals surface area contributed by atoms with Gasteiger partial charge < -0.3 is 42.6 Å². The van der Waals surface area contributed by atoms with Gasteiger partial charge >= 0.3 is 5.97 Å². The normalized spacial score (nSPS) is 11.7. The van der Waals surface area contributed by atoms with Crippen molar-refractivity contribution in [1.82, 2.24) is 0 Å². The van der Waals surface area contributed by atoms with Crippen molar-refractivity contribution in [1.29, 1.82) is 0 Å². The molecule has 0 spiro atoms. The SMILES string of the molecule is CCCCCCCCCCCC(=O)OCCOCCOCCOCCOCCOCCOCCOCCOCCOS(=O)(=O)c1ccc(C)cc1. The molecule has 0 amide bonds. The van der Waals surface area contributed by atoms with Gasteiger partial charge in [-0.1, -0.05) is 76.0 Å². The number of carbonyl (C=O) groups excluding carboxylic acids is 1. The lowest BCUT2D eigenvalue weighted by Crippen LogP contribution is -2.16. The molecule has 0 aliphatic heterocycles. The summed E-state index contributed by atoms with van der Waals surface area (Å²) < 4.78 is 77.9. The zero-order valence-corrected chi connectivity index (χ0v) is 32.1. The first kappa shape index (κ1) is 47.3. The summed E-state index contributed by atoms with van der Waals surface area (Å²) in [4.78, 5) is 11.9. The molecule has 14 heteroatoms. The molecule has 51 heavy (non-hydrogen) atoms. The van der Waals surface area contributed by atoms with Gasteiger partial charge in [0.2, 0.25) is 0 Å². The highest BCUT2D eigenvalue weighted by Gasteiger charge is 2.14. The fourth-order valence-electron chi connectivity index (χ4n) is 4.48. The molecular formula is C37H66O13S. The molecular weight excluding hydrogens is 684 g/mol. The molecule has 0 aliphatic carbocycles. The van der Waals surface area contributed by atoms with Crippen molar-refractivity contribution in [3.8, 4) is 0 Å². The van der Waals surface area contributed by atoms with E-state index in [1.165, 1.54) is 57.1 Å². The summed E-state index contributed by atoms with van der Waals surface area (Å²) in [5.41, 5.74) is 0.974. The molecule has 0 aliphatic rings. The molecule has 0 atom stereocenters. The summed E-state index contributed by atoms with van der Waals surface area (Å²) in [5, 5.41) is 0. The predicted molar refractivity (Wildman–Crippen MR) is 194 cm³/mol. The third-order valence-electron chi connectivity index (χ3n) is 7.36. The Morgan fingerprint density at radius 3 is 1.20 bits per heavy atom. The van der Waals surface area contributed by atoms with Crippen LogP contribution in [0.1, 0.15) is 76.7 Å². The average molecular weight is 751 g/mol. The minimum absolute atomic E-state index is 0.0613. The lowest BCUT2D eigenvalue weighted by molar-refractivity contribution is -0.145. The summed E-state index contributed by atoms with van der Waals surface area (Å²) in [6.45, 7) is 11.0. The van der Waals surface area contributed by atoms with Crippen molar-refractivity contribution >= 4 is 16.1 Å². The van der Waals surface area contributed by atoms with Crippen LogP contribution in [-0.2, 0) is 61.7 Å². The summed E-state index contributed by atoms with van der Waals surface area (Å²) in [6.07, 6.45) is 11.5. The third kappa shape index (κ3) is 31.5. The van der Waals surface area contributed by atoms with Gasteiger partial charge in [0.25, 0.3) is 10.1 Å². The Kier molecular flexibility index (Phi) is 32.8. The molecule has 0 saturated carbocycles. The molecule has 1 aromatic carbocycles. The van der Waals surface area contributed by atoms with E-state index in [9.17, 15) is 13.2 Å². The third-order valence-corrected chi connectivity index (χ3v) is 8.68. The summed E-state index contributed by atoms with van der Waals surface area (Å²) >= 11 is 0. The lowest BCUT2D eigenvalue weighted by atomic mass is 10.1. The van der Waals surface area contributed by atoms with E-state index in [2.05, 4.69) is 6.92 Å². The molecule has 0 saturated heterocycles. The predicted octanol–water partition coefficient (Wildman–Crippen LogP) is 5.30. The number of benzene rings is 1. The topological polar surface area (TPSA) is 144 Å². The maximum Gasteiger partial charge on any atom is 0.305 e. The quantitative estimate of drug-likeness (QED) is 0.0489. The van der Waals surface area contributed by atoms with Gasteiger partial charge in [0.15, 0.2) is 0 Å². The number of esters is 1. The average Bonchev–Trinajstić information content (AvgIpc) is 3.12. The van der Waals surface area contributed by atoms with Gasteiger partial charge in [0.05, 0.1) is 117 Å². The maximum atomic E-state index is 12.1. The fraction of sp³-hybridized carbons (Fsp3) is 0.811. The van der Waals surface area contributed by atoms with Crippen LogP contribution in [-0.4, -0.2) is 133 Å². The van der Waals surface area contributed by atoms with Crippen molar-refractivity contribution in [2.24, 2.45) is 0 Å². The van der Waals surface area contributed by atoms with Gasteiger partial charge in [0.1, 0.15) is 6.61 Å². The summed E-state index contributed by atoms with van der Waals surface area (Å²) in [5.74, 6) is -0.145. The molecule has 0 heterocycles. The molecule has 13 nitrogen and oxygen atoms in total. The van der Waals surface area contributed by atoms with Crippen molar-refractivity contribution in [3.63, 3.8) is 0 Å². The number of rotatable bonds is 39. The van der Waals surface area contributed by atoms with E-state index < -0.39 is 10.1 Å². The second-order valence-corrected chi connectivity index (χ2v) is 13.4. The van der Waals surface area contributed by atoms with Crippen molar-refractivity contribution in [2.75, 3.05) is 119 Å². The molecule has 0 N–H and O–H groups in total. The minimum atomic E-state index is -3.78. The Bertz CT molecular complexity index is 1010. The molecule has 1 rings (SSSR count). The number of aryl methyl sites for hydroxylation is 1. The first-order valence-electron chi connectivity index (χ1n) is 18.7. The van der Waals surface area contributed by atoms with E-state index in [0.29, 0.717) is 106 Å². The monoisotopic (exact) mass is 750 g/mol. The van der Waals surface area contributed by atoms with Crippen LogP contribution in [0, 0.1) is 6.92 Å². The second kappa shape index (κ2) is 35.3. The molecule has 0 fully saturated rings. The van der Waals surface area contributed by atoms with Crippen LogP contribution < -0.4 is 0 Å². The maximum absolute atomic E-state index is 12.1. The zero-order valence-electron chi connectivity index (χ0n) is 31.3. The van der Waals surface area contributed by atoms with E-state index in [0.717, 1.165) is 18.4 Å². The van der Waals surface area contributed by atoms with Crippen LogP contribution in [0.2, 0.25) is 0 Å². The highest BCUT2D eigenvalue weighted by Crippen LogP contribution is 2.13. The van der Waals surface area contributed by atoms with E-state index in [1.807, 2.05) is 6.92 Å². The van der Waals surface area contributed by atoms with E-state index in [4.69, 9.17) is 46.8 Å². The Balaban J connectivity index is 1.69. The van der Waals surface area contributed by atoms with Crippen molar-refractivity contribution < 1.29 is 60.0 Å². The molecule has 0 radical (unpaired) electrons. The Labute approximate surface area is 307 Å². The van der Waals surface area contributed by atoms with Crippen LogP contribution >= 0.6 is 0 Å². The van der Waals surface area contributed by atoms with Gasteiger partial charge in [-0.15, -0.1) is 0 Å². The molecule has 298 valence electrons. The number of hydrogen-bond donors (Lipinski definition) is 0. The van der Waals surface area contributed by atoms with Gasteiger partial charge in [-0.2, -0.15) is 8.42 Å². The summed E-state index contributed by atoms with van der Waals surface area (Å²) in [7, 11) is -3.78. The van der Waals surface area contributed by atoms with Crippen LogP contribution in [0.5, 0.6) is 0 Å². The minimum Gasteiger partial charge on any atom is -0.463 e. The van der Waals surface area contributed by atoms with Crippen molar-refractivity contribution in [3.05, 3.63) is 29.8 Å². The van der Waals surface area contributed by atoms with Crippen LogP contribution in [0.4, 0.5) is 0 Å². The second-order valence-electron chi connectivity index (χ2n) is 11.8. The van der Waals surface area contributed by atoms with Crippen LogP contribution in [0.3, 0.4) is 0 Å². The van der Waals surface area contributed by atoms with E-state index >= 15 is 0 Å². The van der Waals surface area contributed by atoms with Gasteiger partial charge in [-0.3, -0.25) is 8.98 Å². The first-order chi connectivity index (χ1) is 25.0. The van der Waals surface area contributed by atoms with Gasteiger partial charge in [-0.25, -0.2) is 0 Å². The molecule has 0 unspecified atom stereocenters. The number of carbonyl (C=O) groups is 1. The lowest BCUT2D eigenvalue weighted by Gasteiger charge is -2.09. The van der Waals surface area contributed by atoms with Gasteiger partial charge in [0, 0.05) is 6.42 Å². The van der Waals surface area contributed by atoms with E-state index in [-0.39, 0.29) is 30.7 Å².